The first-order valence-corrected chi connectivity index (χ1v) is 8.14. The van der Waals surface area contributed by atoms with Gasteiger partial charge in [0.25, 0.3) is 0 Å². The first kappa shape index (κ1) is 18.3. The normalized spacial score (nSPS) is 31.5. The smallest absolute Gasteiger partial charge is 0.389 e. The standard InChI is InChI=1S/C15H21F3N4O3/c16-15(17,18)14-10(3-19-8-20-14)22-2-1-9(5-22)4-21-6-11(23)13(25)12(24)7-21/h3,8-9,11-13,23-25H,1-2,4-7H2/t9-,11-,12+,13?/m0/s1. The van der Waals surface area contributed by atoms with Gasteiger partial charge >= 0.3 is 6.18 Å². The number of anilines is 1. The number of hydrogen-bond acceptors (Lipinski definition) is 7. The Labute approximate surface area is 142 Å². The first-order chi connectivity index (χ1) is 11.8. The SMILES string of the molecule is OC1[C@H](O)CN(C[C@@H]2CCN(c3cncnc3C(F)(F)F)C2)C[C@@H]1O. The van der Waals surface area contributed by atoms with Crippen LogP contribution in [0.1, 0.15) is 12.1 Å². The van der Waals surface area contributed by atoms with Crippen LogP contribution in [0.4, 0.5) is 18.9 Å². The number of hydrogen-bond donors (Lipinski definition) is 3. The van der Waals surface area contributed by atoms with E-state index in [1.165, 1.54) is 6.20 Å². The van der Waals surface area contributed by atoms with E-state index < -0.39 is 30.2 Å². The number of alkyl halides is 3. The number of nitrogens with zero attached hydrogens (tertiary/aromatic N) is 4. The molecule has 1 aromatic rings. The molecule has 10 heteroatoms. The van der Waals surface area contributed by atoms with Gasteiger partial charge in [-0.2, -0.15) is 13.2 Å². The highest BCUT2D eigenvalue weighted by atomic mass is 19.4. The molecule has 140 valence electrons. The first-order valence-electron chi connectivity index (χ1n) is 8.14. The zero-order valence-electron chi connectivity index (χ0n) is 13.5. The lowest BCUT2D eigenvalue weighted by Gasteiger charge is -2.38. The van der Waals surface area contributed by atoms with Crippen molar-refractivity contribution in [1.29, 1.82) is 0 Å². The second kappa shape index (κ2) is 7.02. The molecule has 3 rings (SSSR count). The summed E-state index contributed by atoms with van der Waals surface area (Å²) in [5.74, 6) is 0.0935. The predicted octanol–water partition coefficient (Wildman–Crippen LogP) is -0.280. The highest BCUT2D eigenvalue weighted by Crippen LogP contribution is 2.36. The Kier molecular flexibility index (Phi) is 5.14. The van der Waals surface area contributed by atoms with E-state index in [0.29, 0.717) is 26.1 Å². The van der Waals surface area contributed by atoms with E-state index in [1.807, 2.05) is 4.90 Å². The van der Waals surface area contributed by atoms with Crippen molar-refractivity contribution in [2.24, 2.45) is 5.92 Å². The van der Waals surface area contributed by atoms with Crippen LogP contribution in [-0.4, -0.2) is 81.2 Å². The maximum absolute atomic E-state index is 13.1. The van der Waals surface area contributed by atoms with Crippen LogP contribution >= 0.6 is 0 Å². The molecule has 0 spiro atoms. The van der Waals surface area contributed by atoms with Crippen molar-refractivity contribution in [2.75, 3.05) is 37.6 Å². The summed E-state index contributed by atoms with van der Waals surface area (Å²) >= 11 is 0. The fourth-order valence-electron chi connectivity index (χ4n) is 3.56. The zero-order valence-corrected chi connectivity index (χ0v) is 13.5. The number of aliphatic hydroxyl groups is 3. The number of piperidine rings is 1. The van der Waals surface area contributed by atoms with Crippen molar-refractivity contribution in [1.82, 2.24) is 14.9 Å². The van der Waals surface area contributed by atoms with Gasteiger partial charge in [-0.25, -0.2) is 9.97 Å². The minimum atomic E-state index is -4.53. The molecule has 0 aromatic carbocycles. The Hall–Kier alpha value is -1.49. The van der Waals surface area contributed by atoms with Crippen LogP contribution < -0.4 is 4.90 Å². The molecule has 0 saturated carbocycles. The predicted molar refractivity (Wildman–Crippen MR) is 81.8 cm³/mol. The van der Waals surface area contributed by atoms with Gasteiger partial charge in [0, 0.05) is 32.7 Å². The van der Waals surface area contributed by atoms with Gasteiger partial charge in [0.1, 0.15) is 12.4 Å². The molecule has 3 heterocycles. The summed E-state index contributed by atoms with van der Waals surface area (Å²) in [4.78, 5) is 10.6. The van der Waals surface area contributed by atoms with Gasteiger partial charge in [-0.3, -0.25) is 4.90 Å². The minimum absolute atomic E-state index is 0.0216. The number of halogens is 3. The molecule has 2 aliphatic heterocycles. The molecule has 1 aromatic heterocycles. The Morgan fingerprint density at radius 1 is 1.12 bits per heavy atom. The Bertz CT molecular complexity index is 592. The molecular weight excluding hydrogens is 341 g/mol. The fraction of sp³-hybridized carbons (Fsp3) is 0.733. The van der Waals surface area contributed by atoms with Crippen molar-refractivity contribution in [3.05, 3.63) is 18.2 Å². The molecule has 7 nitrogen and oxygen atoms in total. The van der Waals surface area contributed by atoms with Gasteiger partial charge < -0.3 is 20.2 Å². The van der Waals surface area contributed by atoms with Crippen molar-refractivity contribution >= 4 is 5.69 Å². The van der Waals surface area contributed by atoms with Gasteiger partial charge in [0.2, 0.25) is 0 Å². The molecule has 0 amide bonds. The largest absolute Gasteiger partial charge is 0.435 e. The number of aromatic nitrogens is 2. The molecule has 3 N–H and O–H groups in total. The van der Waals surface area contributed by atoms with E-state index in [4.69, 9.17) is 0 Å². The van der Waals surface area contributed by atoms with E-state index >= 15 is 0 Å². The fourth-order valence-corrected chi connectivity index (χ4v) is 3.56. The maximum atomic E-state index is 13.1. The maximum Gasteiger partial charge on any atom is 0.435 e. The van der Waals surface area contributed by atoms with Gasteiger partial charge in [-0.1, -0.05) is 0 Å². The van der Waals surface area contributed by atoms with Crippen molar-refractivity contribution in [2.45, 2.75) is 30.9 Å². The van der Waals surface area contributed by atoms with Gasteiger partial charge in [0.15, 0.2) is 5.69 Å². The molecule has 0 aliphatic carbocycles. The topological polar surface area (TPSA) is 93.0 Å². The molecule has 25 heavy (non-hydrogen) atoms. The van der Waals surface area contributed by atoms with Crippen LogP contribution in [0.25, 0.3) is 0 Å². The third-order valence-corrected chi connectivity index (χ3v) is 4.78. The molecular formula is C15H21F3N4O3. The van der Waals surface area contributed by atoms with E-state index in [2.05, 4.69) is 9.97 Å². The van der Waals surface area contributed by atoms with E-state index in [1.54, 1.807) is 4.90 Å². The van der Waals surface area contributed by atoms with Crippen molar-refractivity contribution in [3.8, 4) is 0 Å². The number of rotatable bonds is 3. The third kappa shape index (κ3) is 4.02. The lowest BCUT2D eigenvalue weighted by molar-refractivity contribution is -0.140. The van der Waals surface area contributed by atoms with Crippen molar-refractivity contribution in [3.63, 3.8) is 0 Å². The summed E-state index contributed by atoms with van der Waals surface area (Å²) in [7, 11) is 0. The van der Waals surface area contributed by atoms with E-state index in [9.17, 15) is 28.5 Å². The average molecular weight is 362 g/mol. The van der Waals surface area contributed by atoms with Crippen LogP contribution in [0.5, 0.6) is 0 Å². The van der Waals surface area contributed by atoms with Crippen LogP contribution in [-0.2, 0) is 6.18 Å². The molecule has 2 saturated heterocycles. The van der Waals surface area contributed by atoms with Crippen LogP contribution in [0, 0.1) is 5.92 Å². The van der Waals surface area contributed by atoms with E-state index in [0.717, 1.165) is 6.33 Å². The Morgan fingerprint density at radius 2 is 1.80 bits per heavy atom. The Morgan fingerprint density at radius 3 is 2.44 bits per heavy atom. The second-order valence-corrected chi connectivity index (χ2v) is 6.70. The van der Waals surface area contributed by atoms with Gasteiger partial charge in [0.05, 0.1) is 24.1 Å². The zero-order chi connectivity index (χ0) is 18.2. The molecule has 2 fully saturated rings. The lowest BCUT2D eigenvalue weighted by Crippen LogP contribution is -2.56. The lowest BCUT2D eigenvalue weighted by atomic mass is 10.00. The highest BCUT2D eigenvalue weighted by Gasteiger charge is 2.39. The highest BCUT2D eigenvalue weighted by molar-refractivity contribution is 5.50. The monoisotopic (exact) mass is 362 g/mol. The second-order valence-electron chi connectivity index (χ2n) is 6.70. The van der Waals surface area contributed by atoms with Crippen LogP contribution in [0.3, 0.4) is 0 Å². The number of aliphatic hydroxyl groups excluding tert-OH is 3. The molecule has 2 aliphatic rings. The summed E-state index contributed by atoms with van der Waals surface area (Å²) < 4.78 is 39.3. The molecule has 4 atom stereocenters. The summed E-state index contributed by atoms with van der Waals surface area (Å²) in [5, 5.41) is 29.1. The van der Waals surface area contributed by atoms with Gasteiger partial charge in [-0.05, 0) is 12.3 Å². The van der Waals surface area contributed by atoms with Gasteiger partial charge in [-0.15, -0.1) is 0 Å². The minimum Gasteiger partial charge on any atom is -0.389 e. The summed E-state index contributed by atoms with van der Waals surface area (Å²) in [6.07, 6.45) is -4.98. The quantitative estimate of drug-likeness (QED) is 0.681. The Balaban J connectivity index is 1.63. The summed E-state index contributed by atoms with van der Waals surface area (Å²) in [6, 6.07) is 0. The number of likely N-dealkylation sites (tertiary alicyclic amines) is 1. The van der Waals surface area contributed by atoms with Crippen molar-refractivity contribution < 1.29 is 28.5 Å². The van der Waals surface area contributed by atoms with Crippen LogP contribution in [0.15, 0.2) is 12.5 Å². The molecule has 0 bridgehead atoms. The van der Waals surface area contributed by atoms with Crippen LogP contribution in [0.2, 0.25) is 0 Å². The third-order valence-electron chi connectivity index (χ3n) is 4.78. The average Bonchev–Trinajstić information content (AvgIpc) is 3.00. The molecule has 0 radical (unpaired) electrons. The summed E-state index contributed by atoms with van der Waals surface area (Å²) in [5.41, 5.74) is -0.957. The molecule has 1 unspecified atom stereocenters. The van der Waals surface area contributed by atoms with E-state index in [-0.39, 0.29) is 24.7 Å². The number of β-amino-alcohol motifs (C(OH)–C–C–N with tert-alkyl or cyclic N) is 2. The summed E-state index contributed by atoms with van der Waals surface area (Å²) in [6.45, 7) is 1.88.